The second-order valence-electron chi connectivity index (χ2n) is 4.44. The van der Waals surface area contributed by atoms with Crippen molar-refractivity contribution in [2.45, 2.75) is 39.7 Å². The molecule has 0 radical (unpaired) electrons. The molecule has 1 atom stereocenters. The Morgan fingerprint density at radius 1 is 1.28 bits per heavy atom. The topological polar surface area (TPSA) is 45.2 Å². The van der Waals surface area contributed by atoms with Crippen molar-refractivity contribution in [3.63, 3.8) is 0 Å². The first-order valence-corrected chi connectivity index (χ1v) is 6.66. The standard InChI is InChI=1S/C15H21NO2/c1-4-12-15(14(17)5-2)11-9-10(18-6-3)7-8-13(11)16-12/h7-9,14,16-17H,4-6H2,1-3H3. The van der Waals surface area contributed by atoms with E-state index >= 15 is 0 Å². The second kappa shape index (κ2) is 5.44. The van der Waals surface area contributed by atoms with Crippen molar-refractivity contribution in [2.75, 3.05) is 6.61 Å². The SMILES string of the molecule is CCOc1ccc2[nH]c(CC)c(C(O)CC)c2c1. The van der Waals surface area contributed by atoms with Gasteiger partial charge in [-0.2, -0.15) is 0 Å². The van der Waals surface area contributed by atoms with E-state index in [-0.39, 0.29) is 0 Å². The first-order chi connectivity index (χ1) is 8.71. The Kier molecular flexibility index (Phi) is 3.92. The van der Waals surface area contributed by atoms with Gasteiger partial charge in [0.2, 0.25) is 0 Å². The average molecular weight is 247 g/mol. The molecule has 1 aromatic carbocycles. The van der Waals surface area contributed by atoms with Gasteiger partial charge in [-0.25, -0.2) is 0 Å². The maximum Gasteiger partial charge on any atom is 0.120 e. The highest BCUT2D eigenvalue weighted by Gasteiger charge is 2.17. The third-order valence-electron chi connectivity index (χ3n) is 3.28. The van der Waals surface area contributed by atoms with Gasteiger partial charge in [0.25, 0.3) is 0 Å². The fourth-order valence-corrected chi connectivity index (χ4v) is 2.37. The largest absolute Gasteiger partial charge is 0.494 e. The Hall–Kier alpha value is -1.48. The minimum atomic E-state index is -0.412. The highest BCUT2D eigenvalue weighted by molar-refractivity contribution is 5.86. The number of nitrogens with one attached hydrogen (secondary N) is 1. The first kappa shape index (κ1) is 13.0. The molecule has 1 heterocycles. The number of aromatic nitrogens is 1. The minimum absolute atomic E-state index is 0.412. The Labute approximate surface area is 108 Å². The molecule has 2 rings (SSSR count). The second-order valence-corrected chi connectivity index (χ2v) is 4.44. The van der Waals surface area contributed by atoms with Crippen LogP contribution in [0.3, 0.4) is 0 Å². The average Bonchev–Trinajstić information content (AvgIpc) is 2.76. The molecule has 0 saturated heterocycles. The molecule has 0 saturated carbocycles. The van der Waals surface area contributed by atoms with Crippen LogP contribution in [-0.4, -0.2) is 16.7 Å². The van der Waals surface area contributed by atoms with Crippen molar-refractivity contribution in [3.05, 3.63) is 29.5 Å². The molecule has 18 heavy (non-hydrogen) atoms. The van der Waals surface area contributed by atoms with E-state index in [9.17, 15) is 5.11 Å². The van der Waals surface area contributed by atoms with E-state index in [1.165, 1.54) is 0 Å². The Balaban J connectivity index is 2.58. The van der Waals surface area contributed by atoms with Crippen molar-refractivity contribution in [1.82, 2.24) is 4.98 Å². The lowest BCUT2D eigenvalue weighted by Gasteiger charge is -2.10. The van der Waals surface area contributed by atoms with E-state index in [2.05, 4.69) is 11.9 Å². The molecule has 2 N–H and O–H groups in total. The summed E-state index contributed by atoms with van der Waals surface area (Å²) in [5.41, 5.74) is 3.21. The summed E-state index contributed by atoms with van der Waals surface area (Å²) < 4.78 is 5.53. The molecule has 0 aliphatic rings. The van der Waals surface area contributed by atoms with Crippen LogP contribution in [0.2, 0.25) is 0 Å². The van der Waals surface area contributed by atoms with Crippen LogP contribution in [0.5, 0.6) is 5.75 Å². The fraction of sp³-hybridized carbons (Fsp3) is 0.467. The molecule has 2 aromatic rings. The van der Waals surface area contributed by atoms with Crippen molar-refractivity contribution in [3.8, 4) is 5.75 Å². The number of hydrogen-bond acceptors (Lipinski definition) is 2. The molecule has 3 heteroatoms. The zero-order valence-corrected chi connectivity index (χ0v) is 11.3. The van der Waals surface area contributed by atoms with Crippen LogP contribution in [-0.2, 0) is 6.42 Å². The van der Waals surface area contributed by atoms with Crippen LogP contribution >= 0.6 is 0 Å². The molecule has 98 valence electrons. The molecular formula is C15H21NO2. The predicted molar refractivity (Wildman–Crippen MR) is 74.1 cm³/mol. The van der Waals surface area contributed by atoms with Crippen molar-refractivity contribution < 1.29 is 9.84 Å². The highest BCUT2D eigenvalue weighted by Crippen LogP contribution is 2.32. The fourth-order valence-electron chi connectivity index (χ4n) is 2.37. The molecule has 0 bridgehead atoms. The number of ether oxygens (including phenoxy) is 1. The maximum atomic E-state index is 10.2. The molecule has 0 spiro atoms. The first-order valence-electron chi connectivity index (χ1n) is 6.66. The van der Waals surface area contributed by atoms with Crippen molar-refractivity contribution in [2.24, 2.45) is 0 Å². The van der Waals surface area contributed by atoms with Gasteiger partial charge in [0.1, 0.15) is 5.75 Å². The maximum absolute atomic E-state index is 10.2. The molecule has 0 amide bonds. The van der Waals surface area contributed by atoms with E-state index in [0.717, 1.165) is 40.8 Å². The van der Waals surface area contributed by atoms with E-state index in [0.29, 0.717) is 6.61 Å². The summed E-state index contributed by atoms with van der Waals surface area (Å²) in [6.07, 6.45) is 1.20. The molecule has 0 aliphatic heterocycles. The predicted octanol–water partition coefficient (Wildman–Crippen LogP) is 3.57. The minimum Gasteiger partial charge on any atom is -0.494 e. The normalized spacial score (nSPS) is 12.9. The lowest BCUT2D eigenvalue weighted by Crippen LogP contribution is -1.98. The van der Waals surface area contributed by atoms with Crippen molar-refractivity contribution >= 4 is 10.9 Å². The van der Waals surface area contributed by atoms with E-state index in [1.807, 2.05) is 32.0 Å². The lowest BCUT2D eigenvalue weighted by molar-refractivity contribution is 0.174. The Bertz CT molecular complexity index is 531. The van der Waals surface area contributed by atoms with Gasteiger partial charge in [0.05, 0.1) is 12.7 Å². The summed E-state index contributed by atoms with van der Waals surface area (Å²) in [6, 6.07) is 6.00. The summed E-state index contributed by atoms with van der Waals surface area (Å²) in [4.78, 5) is 3.38. The molecule has 0 fully saturated rings. The highest BCUT2D eigenvalue weighted by atomic mass is 16.5. The smallest absolute Gasteiger partial charge is 0.120 e. The summed E-state index contributed by atoms with van der Waals surface area (Å²) >= 11 is 0. The van der Waals surface area contributed by atoms with Gasteiger partial charge in [-0.3, -0.25) is 0 Å². The van der Waals surface area contributed by atoms with Crippen molar-refractivity contribution in [1.29, 1.82) is 0 Å². The number of H-pyrrole nitrogens is 1. The van der Waals surface area contributed by atoms with Gasteiger partial charge in [-0.05, 0) is 38.0 Å². The third kappa shape index (κ3) is 2.23. The number of benzene rings is 1. The van der Waals surface area contributed by atoms with Gasteiger partial charge in [0.15, 0.2) is 0 Å². The van der Waals surface area contributed by atoms with Gasteiger partial charge >= 0.3 is 0 Å². The number of aliphatic hydroxyl groups is 1. The number of hydrogen-bond donors (Lipinski definition) is 2. The zero-order valence-electron chi connectivity index (χ0n) is 11.3. The van der Waals surface area contributed by atoms with Crippen LogP contribution in [0.1, 0.15) is 44.6 Å². The molecular weight excluding hydrogens is 226 g/mol. The van der Waals surface area contributed by atoms with Gasteiger partial charge in [0, 0.05) is 22.2 Å². The number of aliphatic hydroxyl groups excluding tert-OH is 1. The Morgan fingerprint density at radius 2 is 2.06 bits per heavy atom. The lowest BCUT2D eigenvalue weighted by atomic mass is 10.0. The summed E-state index contributed by atoms with van der Waals surface area (Å²) in [5.74, 6) is 0.858. The number of aromatic amines is 1. The van der Waals surface area contributed by atoms with Crippen LogP contribution in [0, 0.1) is 0 Å². The summed E-state index contributed by atoms with van der Waals surface area (Å²) in [7, 11) is 0. The zero-order chi connectivity index (χ0) is 13.1. The molecule has 1 aromatic heterocycles. The van der Waals surface area contributed by atoms with Crippen LogP contribution in [0.4, 0.5) is 0 Å². The van der Waals surface area contributed by atoms with E-state index in [4.69, 9.17) is 4.74 Å². The quantitative estimate of drug-likeness (QED) is 0.848. The van der Waals surface area contributed by atoms with Gasteiger partial charge in [-0.1, -0.05) is 13.8 Å². The number of aryl methyl sites for hydroxylation is 1. The van der Waals surface area contributed by atoms with Gasteiger partial charge in [-0.15, -0.1) is 0 Å². The summed E-state index contributed by atoms with van der Waals surface area (Å²) in [5, 5.41) is 11.3. The summed E-state index contributed by atoms with van der Waals surface area (Å²) in [6.45, 7) is 6.72. The number of fused-ring (bicyclic) bond motifs is 1. The molecule has 0 aliphatic carbocycles. The molecule has 1 unspecified atom stereocenters. The third-order valence-corrected chi connectivity index (χ3v) is 3.28. The van der Waals surface area contributed by atoms with Crippen LogP contribution in [0.25, 0.3) is 10.9 Å². The Morgan fingerprint density at radius 3 is 2.67 bits per heavy atom. The number of rotatable bonds is 5. The van der Waals surface area contributed by atoms with Crippen LogP contribution in [0.15, 0.2) is 18.2 Å². The van der Waals surface area contributed by atoms with E-state index in [1.54, 1.807) is 0 Å². The van der Waals surface area contributed by atoms with Gasteiger partial charge < -0.3 is 14.8 Å². The molecule has 3 nitrogen and oxygen atoms in total. The monoisotopic (exact) mass is 247 g/mol. The van der Waals surface area contributed by atoms with E-state index < -0.39 is 6.10 Å². The van der Waals surface area contributed by atoms with Crippen LogP contribution < -0.4 is 4.74 Å².